The van der Waals surface area contributed by atoms with E-state index in [2.05, 4.69) is 21.2 Å². The van der Waals surface area contributed by atoms with Crippen LogP contribution >= 0.6 is 0 Å². The van der Waals surface area contributed by atoms with Crippen molar-refractivity contribution < 1.29 is 4.42 Å². The fraction of sp³-hybridized carbons (Fsp3) is 0.750. The molecule has 0 aromatic carbocycles. The molecule has 0 aliphatic carbocycles. The average Bonchev–Trinajstić information content (AvgIpc) is 2.90. The van der Waals surface area contributed by atoms with Gasteiger partial charge in [0.25, 0.3) is 0 Å². The van der Waals surface area contributed by atoms with E-state index in [1.165, 1.54) is 38.8 Å². The van der Waals surface area contributed by atoms with Crippen LogP contribution in [0.4, 0.5) is 0 Å². The van der Waals surface area contributed by atoms with E-state index in [4.69, 9.17) is 4.42 Å². The van der Waals surface area contributed by atoms with Crippen molar-refractivity contribution in [2.75, 3.05) is 45.8 Å². The van der Waals surface area contributed by atoms with Crippen molar-refractivity contribution in [3.8, 4) is 0 Å². The fourth-order valence-electron chi connectivity index (χ4n) is 3.42. The number of rotatable bonds is 4. The zero-order valence-corrected chi connectivity index (χ0v) is 12.4. The zero-order chi connectivity index (χ0) is 13.6. The number of hydrogen-bond acceptors (Lipinski definition) is 4. The van der Waals surface area contributed by atoms with Crippen molar-refractivity contribution >= 4 is 0 Å². The fourth-order valence-corrected chi connectivity index (χ4v) is 3.42. The summed E-state index contributed by atoms with van der Waals surface area (Å²) in [6.45, 7) is 8.06. The highest BCUT2D eigenvalue weighted by molar-refractivity contribution is 5.06. The highest BCUT2D eigenvalue weighted by atomic mass is 16.3. The molecule has 0 bridgehead atoms. The van der Waals surface area contributed by atoms with E-state index in [1.807, 2.05) is 12.3 Å². The third-order valence-corrected chi connectivity index (χ3v) is 4.59. The Morgan fingerprint density at radius 3 is 2.45 bits per heavy atom. The van der Waals surface area contributed by atoms with Gasteiger partial charge in [0.05, 0.1) is 12.3 Å². The molecule has 2 aliphatic heterocycles. The Kier molecular flexibility index (Phi) is 5.12. The molecule has 0 radical (unpaired) electrons. The minimum Gasteiger partial charge on any atom is -0.468 e. The average molecular weight is 277 g/mol. The van der Waals surface area contributed by atoms with E-state index in [9.17, 15) is 0 Å². The second kappa shape index (κ2) is 7.25. The Morgan fingerprint density at radius 2 is 1.80 bits per heavy atom. The van der Waals surface area contributed by atoms with Gasteiger partial charge in [-0.1, -0.05) is 12.8 Å². The number of nitrogens with zero attached hydrogens (tertiary/aromatic N) is 2. The minimum absolute atomic E-state index is 0.421. The number of piperazine rings is 1. The van der Waals surface area contributed by atoms with Crippen molar-refractivity contribution in [2.24, 2.45) is 0 Å². The Bertz CT molecular complexity index is 365. The lowest BCUT2D eigenvalue weighted by atomic mass is 10.1. The van der Waals surface area contributed by atoms with E-state index >= 15 is 0 Å². The molecular weight excluding hydrogens is 250 g/mol. The van der Waals surface area contributed by atoms with Crippen LogP contribution in [-0.4, -0.2) is 55.6 Å². The molecule has 3 heterocycles. The van der Waals surface area contributed by atoms with Crippen LogP contribution in [0.3, 0.4) is 0 Å². The summed E-state index contributed by atoms with van der Waals surface area (Å²) in [4.78, 5) is 5.22. The van der Waals surface area contributed by atoms with Gasteiger partial charge in [-0.15, -0.1) is 0 Å². The van der Waals surface area contributed by atoms with E-state index < -0.39 is 0 Å². The molecule has 4 nitrogen and oxygen atoms in total. The predicted molar refractivity (Wildman–Crippen MR) is 80.8 cm³/mol. The highest BCUT2D eigenvalue weighted by Crippen LogP contribution is 2.24. The van der Waals surface area contributed by atoms with Crippen molar-refractivity contribution in [3.05, 3.63) is 24.2 Å². The first-order valence-electron chi connectivity index (χ1n) is 8.14. The molecule has 2 aliphatic rings. The largest absolute Gasteiger partial charge is 0.468 e. The first kappa shape index (κ1) is 14.1. The molecule has 1 aromatic rings. The molecule has 112 valence electrons. The van der Waals surface area contributed by atoms with Gasteiger partial charge in [-0.05, 0) is 38.1 Å². The van der Waals surface area contributed by atoms with E-state index in [1.54, 1.807) is 0 Å². The quantitative estimate of drug-likeness (QED) is 0.913. The highest BCUT2D eigenvalue weighted by Gasteiger charge is 2.26. The first-order chi connectivity index (χ1) is 9.93. The van der Waals surface area contributed by atoms with Crippen molar-refractivity contribution in [2.45, 2.75) is 31.7 Å². The molecule has 0 amide bonds. The number of furan rings is 1. The van der Waals surface area contributed by atoms with Crippen LogP contribution in [0.1, 0.15) is 37.5 Å². The Balaban J connectivity index is 1.67. The Hall–Kier alpha value is -0.840. The van der Waals surface area contributed by atoms with Crippen molar-refractivity contribution in [1.82, 2.24) is 15.1 Å². The second-order valence-electron chi connectivity index (χ2n) is 6.03. The summed E-state index contributed by atoms with van der Waals surface area (Å²) in [6.07, 6.45) is 7.32. The van der Waals surface area contributed by atoms with Gasteiger partial charge >= 0.3 is 0 Å². The molecule has 0 saturated carbocycles. The summed E-state index contributed by atoms with van der Waals surface area (Å²) in [5, 5.41) is 3.44. The molecule has 1 atom stereocenters. The number of hydrogen-bond donors (Lipinski definition) is 1. The Morgan fingerprint density at radius 1 is 1.05 bits per heavy atom. The van der Waals surface area contributed by atoms with Crippen molar-refractivity contribution in [3.63, 3.8) is 0 Å². The van der Waals surface area contributed by atoms with Gasteiger partial charge < -0.3 is 14.6 Å². The van der Waals surface area contributed by atoms with Gasteiger partial charge in [0.15, 0.2) is 0 Å². The second-order valence-corrected chi connectivity index (χ2v) is 6.03. The topological polar surface area (TPSA) is 31.7 Å². The lowest BCUT2D eigenvalue weighted by Gasteiger charge is -2.36. The maximum Gasteiger partial charge on any atom is 0.122 e. The normalized spacial score (nSPS) is 24.4. The molecule has 2 fully saturated rings. The third-order valence-electron chi connectivity index (χ3n) is 4.59. The summed E-state index contributed by atoms with van der Waals surface area (Å²) in [5.41, 5.74) is 0. The van der Waals surface area contributed by atoms with Gasteiger partial charge in [-0.3, -0.25) is 4.90 Å². The van der Waals surface area contributed by atoms with Gasteiger partial charge in [0.2, 0.25) is 0 Å². The molecule has 4 heteroatoms. The van der Waals surface area contributed by atoms with Gasteiger partial charge in [0, 0.05) is 32.7 Å². The molecule has 1 unspecified atom stereocenters. The van der Waals surface area contributed by atoms with E-state index in [-0.39, 0.29) is 0 Å². The molecule has 0 spiro atoms. The number of likely N-dealkylation sites (tertiary alicyclic amines) is 1. The standard InChI is InChI=1S/C16H27N3O/c1-2-4-10-18(9-3-1)14-15(16-6-5-13-20-16)19-11-7-17-8-12-19/h5-6,13,15,17H,1-4,7-12,14H2. The third kappa shape index (κ3) is 3.62. The van der Waals surface area contributed by atoms with Crippen LogP contribution < -0.4 is 5.32 Å². The Labute approximate surface area is 122 Å². The molecule has 3 rings (SSSR count). The lowest BCUT2D eigenvalue weighted by Crippen LogP contribution is -2.48. The minimum atomic E-state index is 0.421. The maximum absolute atomic E-state index is 5.73. The predicted octanol–water partition coefficient (Wildman–Crippen LogP) is 2.10. The van der Waals surface area contributed by atoms with Crippen molar-refractivity contribution in [1.29, 1.82) is 0 Å². The first-order valence-corrected chi connectivity index (χ1v) is 8.14. The molecule has 1 N–H and O–H groups in total. The zero-order valence-electron chi connectivity index (χ0n) is 12.4. The van der Waals surface area contributed by atoms with E-state index in [0.29, 0.717) is 6.04 Å². The van der Waals surface area contributed by atoms with Gasteiger partial charge in [0.1, 0.15) is 5.76 Å². The monoisotopic (exact) mass is 277 g/mol. The molecular formula is C16H27N3O. The van der Waals surface area contributed by atoms with Crippen LogP contribution in [-0.2, 0) is 0 Å². The summed E-state index contributed by atoms with van der Waals surface area (Å²) in [5.74, 6) is 1.14. The van der Waals surface area contributed by atoms with Crippen LogP contribution in [0.2, 0.25) is 0 Å². The molecule has 2 saturated heterocycles. The van der Waals surface area contributed by atoms with Gasteiger partial charge in [-0.25, -0.2) is 0 Å². The molecule has 20 heavy (non-hydrogen) atoms. The summed E-state index contributed by atoms with van der Waals surface area (Å²) in [7, 11) is 0. The summed E-state index contributed by atoms with van der Waals surface area (Å²) < 4.78 is 5.73. The van der Waals surface area contributed by atoms with Crippen LogP contribution in [0.25, 0.3) is 0 Å². The lowest BCUT2D eigenvalue weighted by molar-refractivity contribution is 0.111. The van der Waals surface area contributed by atoms with Crippen LogP contribution in [0.15, 0.2) is 22.8 Å². The summed E-state index contributed by atoms with van der Waals surface area (Å²) in [6, 6.07) is 4.59. The van der Waals surface area contributed by atoms with E-state index in [0.717, 1.165) is 38.5 Å². The van der Waals surface area contributed by atoms with Crippen LogP contribution in [0.5, 0.6) is 0 Å². The maximum atomic E-state index is 5.73. The number of nitrogens with one attached hydrogen (secondary N) is 1. The SMILES string of the molecule is c1coc(C(CN2CCCCCC2)N2CCNCC2)c1. The summed E-state index contributed by atoms with van der Waals surface area (Å²) >= 11 is 0. The molecule has 1 aromatic heterocycles. The smallest absolute Gasteiger partial charge is 0.122 e. The van der Waals surface area contributed by atoms with Gasteiger partial charge in [-0.2, -0.15) is 0 Å². The van der Waals surface area contributed by atoms with Crippen LogP contribution in [0, 0.1) is 0 Å².